The lowest BCUT2D eigenvalue weighted by atomic mass is 10.1. The first-order chi connectivity index (χ1) is 15.9. The van der Waals surface area contributed by atoms with Gasteiger partial charge in [-0.25, -0.2) is 13.4 Å². The standard InChI is InChI=1S/C25H33N5O2S/c1-3-27-13-4-5-22(19-27)30-14-12-20-6-11-24(26-25(20)30)29-17-15-28(16-18-29)21-7-9-23(10-8-21)33(2,31)32/h6-12,14,22H,3-5,13,15-19H2,1-2H3. The van der Waals surface area contributed by atoms with E-state index >= 15 is 0 Å². The molecule has 4 heterocycles. The highest BCUT2D eigenvalue weighted by Crippen LogP contribution is 2.28. The van der Waals surface area contributed by atoms with Crippen molar-refractivity contribution >= 4 is 32.4 Å². The summed E-state index contributed by atoms with van der Waals surface area (Å²) in [5, 5.41) is 1.21. The number of hydrogen-bond donors (Lipinski definition) is 0. The van der Waals surface area contributed by atoms with Crippen molar-refractivity contribution in [2.75, 3.05) is 61.9 Å². The topological polar surface area (TPSA) is 61.7 Å². The van der Waals surface area contributed by atoms with Gasteiger partial charge in [0.15, 0.2) is 9.84 Å². The fraction of sp³-hybridized carbons (Fsp3) is 0.480. The van der Waals surface area contributed by atoms with Crippen molar-refractivity contribution < 1.29 is 8.42 Å². The first-order valence-corrected chi connectivity index (χ1v) is 13.8. The summed E-state index contributed by atoms with van der Waals surface area (Å²) in [6.07, 6.45) is 5.91. The minimum Gasteiger partial charge on any atom is -0.368 e. The molecule has 2 saturated heterocycles. The number of hydrogen-bond acceptors (Lipinski definition) is 6. The molecule has 176 valence electrons. The zero-order chi connectivity index (χ0) is 23.0. The molecule has 0 N–H and O–H groups in total. The van der Waals surface area contributed by atoms with Crippen molar-refractivity contribution in [3.63, 3.8) is 0 Å². The molecule has 1 atom stereocenters. The third kappa shape index (κ3) is 4.59. The van der Waals surface area contributed by atoms with Gasteiger partial charge in [-0.3, -0.25) is 0 Å². The molecule has 0 bridgehead atoms. The number of piperazine rings is 1. The Bertz CT molecular complexity index is 1210. The number of likely N-dealkylation sites (tertiary alicyclic amines) is 1. The maximum Gasteiger partial charge on any atom is 0.175 e. The second-order valence-corrected chi connectivity index (χ2v) is 11.3. The van der Waals surface area contributed by atoms with Gasteiger partial charge < -0.3 is 19.3 Å². The minimum atomic E-state index is -3.16. The predicted octanol–water partition coefficient (Wildman–Crippen LogP) is 3.42. The Morgan fingerprint density at radius 1 is 0.939 bits per heavy atom. The largest absolute Gasteiger partial charge is 0.368 e. The van der Waals surface area contributed by atoms with Crippen LogP contribution in [0.2, 0.25) is 0 Å². The van der Waals surface area contributed by atoms with Crippen molar-refractivity contribution in [3.05, 3.63) is 48.7 Å². The normalized spacial score (nSPS) is 20.5. The maximum absolute atomic E-state index is 11.7. The van der Waals surface area contributed by atoms with Gasteiger partial charge in [0.1, 0.15) is 11.5 Å². The quantitative estimate of drug-likeness (QED) is 0.573. The number of aromatic nitrogens is 2. The minimum absolute atomic E-state index is 0.366. The molecule has 7 nitrogen and oxygen atoms in total. The highest BCUT2D eigenvalue weighted by atomic mass is 32.2. The van der Waals surface area contributed by atoms with E-state index in [1.807, 2.05) is 12.1 Å². The molecule has 0 aliphatic carbocycles. The first kappa shape index (κ1) is 22.2. The molecular weight excluding hydrogens is 434 g/mol. The SMILES string of the molecule is CCN1CCCC(n2ccc3ccc(N4CCN(c5ccc(S(C)(=O)=O)cc5)CC4)nc32)C1. The zero-order valence-corrected chi connectivity index (χ0v) is 20.3. The molecule has 0 spiro atoms. The molecule has 1 unspecified atom stereocenters. The van der Waals surface area contributed by atoms with Crippen LogP contribution in [0.1, 0.15) is 25.8 Å². The van der Waals surface area contributed by atoms with E-state index < -0.39 is 9.84 Å². The third-order valence-electron chi connectivity index (χ3n) is 7.10. The van der Waals surface area contributed by atoms with Crippen LogP contribution in [-0.2, 0) is 9.84 Å². The molecule has 0 amide bonds. The second kappa shape index (κ2) is 8.99. The van der Waals surface area contributed by atoms with Crippen LogP contribution in [0, 0.1) is 0 Å². The molecule has 0 saturated carbocycles. The van der Waals surface area contributed by atoms with E-state index in [0.717, 1.165) is 56.4 Å². The van der Waals surface area contributed by atoms with Crippen LogP contribution in [-0.4, -0.2) is 74.9 Å². The van der Waals surface area contributed by atoms with E-state index in [-0.39, 0.29) is 0 Å². The number of sulfone groups is 1. The number of pyridine rings is 1. The van der Waals surface area contributed by atoms with Crippen molar-refractivity contribution in [2.24, 2.45) is 0 Å². The molecule has 2 aromatic heterocycles. The van der Waals surface area contributed by atoms with Gasteiger partial charge in [-0.1, -0.05) is 6.92 Å². The Balaban J connectivity index is 1.29. The highest BCUT2D eigenvalue weighted by molar-refractivity contribution is 7.90. The molecule has 2 aliphatic rings. The predicted molar refractivity (Wildman–Crippen MR) is 134 cm³/mol. The van der Waals surface area contributed by atoms with Crippen molar-refractivity contribution in [2.45, 2.75) is 30.7 Å². The molecule has 33 heavy (non-hydrogen) atoms. The van der Waals surface area contributed by atoms with Gasteiger partial charge in [0.05, 0.1) is 4.90 Å². The first-order valence-electron chi connectivity index (χ1n) is 11.9. The monoisotopic (exact) mass is 467 g/mol. The van der Waals surface area contributed by atoms with Crippen LogP contribution >= 0.6 is 0 Å². The summed E-state index contributed by atoms with van der Waals surface area (Å²) in [5.41, 5.74) is 2.16. The summed E-state index contributed by atoms with van der Waals surface area (Å²) >= 11 is 0. The number of benzene rings is 1. The lowest BCUT2D eigenvalue weighted by molar-refractivity contribution is 0.187. The average Bonchev–Trinajstić information content (AvgIpc) is 3.27. The van der Waals surface area contributed by atoms with E-state index in [1.54, 1.807) is 12.1 Å². The number of rotatable bonds is 5. The van der Waals surface area contributed by atoms with Gasteiger partial charge in [-0.05, 0) is 68.4 Å². The average molecular weight is 468 g/mol. The molecule has 3 aromatic rings. The van der Waals surface area contributed by atoms with E-state index in [2.05, 4.69) is 50.6 Å². The summed E-state index contributed by atoms with van der Waals surface area (Å²) < 4.78 is 25.8. The number of nitrogens with zero attached hydrogens (tertiary/aromatic N) is 5. The summed E-state index contributed by atoms with van der Waals surface area (Å²) in [6.45, 7) is 9.19. The lowest BCUT2D eigenvalue weighted by Gasteiger charge is -2.37. The number of anilines is 2. The van der Waals surface area contributed by atoms with Crippen LogP contribution in [0.5, 0.6) is 0 Å². The van der Waals surface area contributed by atoms with Crippen molar-refractivity contribution in [1.82, 2.24) is 14.5 Å². The van der Waals surface area contributed by atoms with E-state index in [9.17, 15) is 8.42 Å². The van der Waals surface area contributed by atoms with Crippen LogP contribution in [0.25, 0.3) is 11.0 Å². The smallest absolute Gasteiger partial charge is 0.175 e. The Kier molecular flexibility index (Phi) is 6.05. The summed E-state index contributed by atoms with van der Waals surface area (Å²) in [4.78, 5) is 12.7. The van der Waals surface area contributed by atoms with Crippen LogP contribution in [0.15, 0.2) is 53.6 Å². The van der Waals surface area contributed by atoms with E-state index in [4.69, 9.17) is 4.98 Å². The maximum atomic E-state index is 11.7. The van der Waals surface area contributed by atoms with Crippen LogP contribution in [0.3, 0.4) is 0 Å². The Morgan fingerprint density at radius 2 is 1.67 bits per heavy atom. The van der Waals surface area contributed by atoms with Gasteiger partial charge in [0.2, 0.25) is 0 Å². The summed E-state index contributed by atoms with van der Waals surface area (Å²) in [7, 11) is -3.16. The zero-order valence-electron chi connectivity index (χ0n) is 19.5. The van der Waals surface area contributed by atoms with Crippen LogP contribution < -0.4 is 9.80 Å². The second-order valence-electron chi connectivity index (χ2n) is 9.23. The number of piperidine rings is 1. The van der Waals surface area contributed by atoms with Crippen molar-refractivity contribution in [1.29, 1.82) is 0 Å². The molecule has 2 aliphatic heterocycles. The fourth-order valence-electron chi connectivity index (χ4n) is 5.13. The van der Waals surface area contributed by atoms with Crippen molar-refractivity contribution in [3.8, 4) is 0 Å². The molecule has 2 fully saturated rings. The Hall–Kier alpha value is -2.58. The molecule has 0 radical (unpaired) electrons. The van der Waals surface area contributed by atoms with Gasteiger partial charge >= 0.3 is 0 Å². The fourth-order valence-corrected chi connectivity index (χ4v) is 5.76. The molecular formula is C25H33N5O2S. The van der Waals surface area contributed by atoms with Gasteiger partial charge in [-0.2, -0.15) is 0 Å². The number of fused-ring (bicyclic) bond motifs is 1. The molecule has 8 heteroatoms. The lowest BCUT2D eigenvalue weighted by Crippen LogP contribution is -2.46. The van der Waals surface area contributed by atoms with Gasteiger partial charge in [0.25, 0.3) is 0 Å². The van der Waals surface area contributed by atoms with E-state index in [1.165, 1.54) is 31.0 Å². The van der Waals surface area contributed by atoms with Gasteiger partial charge in [-0.15, -0.1) is 0 Å². The summed E-state index contributed by atoms with van der Waals surface area (Å²) in [6, 6.07) is 14.2. The van der Waals surface area contributed by atoms with Crippen LogP contribution in [0.4, 0.5) is 11.5 Å². The number of likely N-dealkylation sites (N-methyl/N-ethyl adjacent to an activating group) is 1. The highest BCUT2D eigenvalue weighted by Gasteiger charge is 2.23. The summed E-state index contributed by atoms with van der Waals surface area (Å²) in [5.74, 6) is 1.04. The molecule has 1 aromatic carbocycles. The Morgan fingerprint density at radius 3 is 2.36 bits per heavy atom. The van der Waals surface area contributed by atoms with Gasteiger partial charge in [0, 0.05) is 62.3 Å². The molecule has 5 rings (SSSR count). The Labute approximate surface area is 196 Å². The third-order valence-corrected chi connectivity index (χ3v) is 8.23. The van der Waals surface area contributed by atoms with E-state index in [0.29, 0.717) is 10.9 Å².